The van der Waals surface area contributed by atoms with Crippen molar-refractivity contribution in [2.45, 2.75) is 0 Å². The van der Waals surface area contributed by atoms with Gasteiger partial charge < -0.3 is 4.74 Å². The summed E-state index contributed by atoms with van der Waals surface area (Å²) in [5, 5.41) is 0. The summed E-state index contributed by atoms with van der Waals surface area (Å²) in [7, 11) is -2.19. The van der Waals surface area contributed by atoms with Gasteiger partial charge in [-0.1, -0.05) is 12.1 Å². The topological polar surface area (TPSA) is 72.5 Å². The largest absolute Gasteiger partial charge is 0.465 e. The van der Waals surface area contributed by atoms with Crippen LogP contribution < -0.4 is 4.72 Å². The second kappa shape index (κ2) is 5.49. The number of carbonyl (C=O) groups excluding carboxylic acids is 1. The van der Waals surface area contributed by atoms with Gasteiger partial charge >= 0.3 is 5.97 Å². The van der Waals surface area contributed by atoms with Gasteiger partial charge in [-0.05, 0) is 18.2 Å². The SMILES string of the molecule is C=CCS(=O)(=O)Nc1cccc(C(=O)OC)c1. The molecule has 92 valence electrons. The van der Waals surface area contributed by atoms with E-state index in [-0.39, 0.29) is 11.3 Å². The van der Waals surface area contributed by atoms with Gasteiger partial charge in [-0.15, -0.1) is 6.58 Å². The van der Waals surface area contributed by atoms with E-state index < -0.39 is 16.0 Å². The maximum absolute atomic E-state index is 11.5. The first-order valence-electron chi connectivity index (χ1n) is 4.78. The molecule has 0 amide bonds. The molecule has 0 spiro atoms. The van der Waals surface area contributed by atoms with Crippen LogP contribution in [0.2, 0.25) is 0 Å². The molecule has 1 rings (SSSR count). The van der Waals surface area contributed by atoms with Crippen molar-refractivity contribution in [1.82, 2.24) is 0 Å². The second-order valence-corrected chi connectivity index (χ2v) is 5.01. The molecule has 0 aromatic heterocycles. The van der Waals surface area contributed by atoms with Gasteiger partial charge in [0.2, 0.25) is 10.0 Å². The van der Waals surface area contributed by atoms with Crippen LogP contribution in [0.1, 0.15) is 10.4 Å². The summed E-state index contributed by atoms with van der Waals surface area (Å²) in [6.07, 6.45) is 1.28. The van der Waals surface area contributed by atoms with E-state index >= 15 is 0 Å². The Bertz CT molecular complexity index is 522. The Labute approximate surface area is 100 Å². The van der Waals surface area contributed by atoms with Crippen LogP contribution in [-0.4, -0.2) is 27.2 Å². The minimum atomic E-state index is -3.45. The van der Waals surface area contributed by atoms with Gasteiger partial charge in [-0.25, -0.2) is 13.2 Å². The molecule has 0 unspecified atom stereocenters. The average Bonchev–Trinajstić information content (AvgIpc) is 2.27. The third-order valence-corrected chi connectivity index (χ3v) is 3.12. The van der Waals surface area contributed by atoms with Gasteiger partial charge in [0.15, 0.2) is 0 Å². The molecule has 0 atom stereocenters. The van der Waals surface area contributed by atoms with Gasteiger partial charge in [0.05, 0.1) is 18.4 Å². The fourth-order valence-corrected chi connectivity index (χ4v) is 2.08. The summed E-state index contributed by atoms with van der Waals surface area (Å²) in [6.45, 7) is 3.35. The lowest BCUT2D eigenvalue weighted by Gasteiger charge is -2.07. The van der Waals surface area contributed by atoms with E-state index in [1.165, 1.54) is 25.3 Å². The van der Waals surface area contributed by atoms with Gasteiger partial charge in [-0.3, -0.25) is 4.72 Å². The van der Waals surface area contributed by atoms with Gasteiger partial charge in [-0.2, -0.15) is 0 Å². The lowest BCUT2D eigenvalue weighted by atomic mass is 10.2. The van der Waals surface area contributed by atoms with Crippen molar-refractivity contribution in [3.63, 3.8) is 0 Å². The zero-order chi connectivity index (χ0) is 12.9. The number of nitrogens with one attached hydrogen (secondary N) is 1. The Morgan fingerprint density at radius 2 is 2.24 bits per heavy atom. The molecule has 0 aliphatic heterocycles. The molecule has 1 aromatic rings. The number of anilines is 1. The summed E-state index contributed by atoms with van der Waals surface area (Å²) in [6, 6.07) is 6.06. The molecule has 0 fully saturated rings. The first-order valence-corrected chi connectivity index (χ1v) is 6.43. The molecule has 0 aliphatic rings. The average molecular weight is 255 g/mol. The van der Waals surface area contributed by atoms with Crippen molar-refractivity contribution in [2.24, 2.45) is 0 Å². The van der Waals surface area contributed by atoms with Crippen LogP contribution >= 0.6 is 0 Å². The van der Waals surface area contributed by atoms with E-state index in [2.05, 4.69) is 16.0 Å². The normalized spacial score (nSPS) is 10.6. The van der Waals surface area contributed by atoms with Crippen LogP contribution in [-0.2, 0) is 14.8 Å². The van der Waals surface area contributed by atoms with Crippen LogP contribution in [0, 0.1) is 0 Å². The first-order chi connectivity index (χ1) is 7.98. The van der Waals surface area contributed by atoms with E-state index in [9.17, 15) is 13.2 Å². The van der Waals surface area contributed by atoms with E-state index in [4.69, 9.17) is 0 Å². The molecule has 6 heteroatoms. The number of hydrogen-bond donors (Lipinski definition) is 1. The third-order valence-electron chi connectivity index (χ3n) is 1.89. The molecule has 1 aromatic carbocycles. The number of sulfonamides is 1. The summed E-state index contributed by atoms with van der Waals surface area (Å²) in [5.41, 5.74) is 0.598. The number of rotatable bonds is 5. The number of hydrogen-bond acceptors (Lipinski definition) is 4. The Morgan fingerprint density at radius 1 is 1.53 bits per heavy atom. The zero-order valence-electron chi connectivity index (χ0n) is 9.34. The predicted molar refractivity (Wildman–Crippen MR) is 65.4 cm³/mol. The summed E-state index contributed by atoms with van der Waals surface area (Å²) in [5.74, 6) is -0.704. The Kier molecular flexibility index (Phi) is 4.28. The Morgan fingerprint density at radius 3 is 2.82 bits per heavy atom. The molecule has 0 aliphatic carbocycles. The van der Waals surface area contributed by atoms with Gasteiger partial charge in [0, 0.05) is 5.69 Å². The summed E-state index contributed by atoms with van der Waals surface area (Å²) >= 11 is 0. The Balaban J connectivity index is 2.93. The first kappa shape index (κ1) is 13.2. The number of carbonyl (C=O) groups is 1. The molecule has 0 radical (unpaired) electrons. The molecular formula is C11H13NO4S. The second-order valence-electron chi connectivity index (χ2n) is 3.24. The van der Waals surface area contributed by atoms with Crippen LogP contribution in [0.5, 0.6) is 0 Å². The van der Waals surface area contributed by atoms with Crippen LogP contribution in [0.3, 0.4) is 0 Å². The third kappa shape index (κ3) is 3.92. The van der Waals surface area contributed by atoms with Crippen molar-refractivity contribution < 1.29 is 17.9 Å². The molecule has 0 saturated heterocycles. The van der Waals surface area contributed by atoms with Crippen molar-refractivity contribution in [2.75, 3.05) is 17.6 Å². The lowest BCUT2D eigenvalue weighted by molar-refractivity contribution is 0.0601. The highest BCUT2D eigenvalue weighted by Gasteiger charge is 2.10. The van der Waals surface area contributed by atoms with Crippen molar-refractivity contribution >= 4 is 21.7 Å². The number of esters is 1. The highest BCUT2D eigenvalue weighted by atomic mass is 32.2. The fraction of sp³-hybridized carbons (Fsp3) is 0.182. The molecule has 0 heterocycles. The van der Waals surface area contributed by atoms with Crippen molar-refractivity contribution in [3.8, 4) is 0 Å². The standard InChI is InChI=1S/C11H13NO4S/c1-3-7-17(14,15)12-10-6-4-5-9(8-10)11(13)16-2/h3-6,8,12H,1,7H2,2H3. The molecule has 5 nitrogen and oxygen atoms in total. The van der Waals surface area contributed by atoms with E-state index in [0.29, 0.717) is 5.69 Å². The van der Waals surface area contributed by atoms with Crippen molar-refractivity contribution in [3.05, 3.63) is 42.5 Å². The maximum Gasteiger partial charge on any atom is 0.337 e. The fourth-order valence-electron chi connectivity index (χ4n) is 1.20. The van der Waals surface area contributed by atoms with Crippen molar-refractivity contribution in [1.29, 1.82) is 0 Å². The lowest BCUT2D eigenvalue weighted by Crippen LogP contribution is -2.15. The summed E-state index contributed by atoms with van der Waals surface area (Å²) in [4.78, 5) is 11.2. The van der Waals surface area contributed by atoms with Crippen LogP contribution in [0.4, 0.5) is 5.69 Å². The number of ether oxygens (including phenoxy) is 1. The smallest absolute Gasteiger partial charge is 0.337 e. The van der Waals surface area contributed by atoms with Gasteiger partial charge in [0.25, 0.3) is 0 Å². The van der Waals surface area contributed by atoms with E-state index in [1.807, 2.05) is 0 Å². The molecule has 0 bridgehead atoms. The molecular weight excluding hydrogens is 242 g/mol. The minimum absolute atomic E-state index is 0.185. The van der Waals surface area contributed by atoms with Crippen LogP contribution in [0.25, 0.3) is 0 Å². The number of methoxy groups -OCH3 is 1. The highest BCUT2D eigenvalue weighted by Crippen LogP contribution is 2.13. The maximum atomic E-state index is 11.5. The number of benzene rings is 1. The molecule has 17 heavy (non-hydrogen) atoms. The van der Waals surface area contributed by atoms with Crippen LogP contribution in [0.15, 0.2) is 36.9 Å². The monoisotopic (exact) mass is 255 g/mol. The summed E-state index contributed by atoms with van der Waals surface area (Å²) < 4.78 is 29.8. The minimum Gasteiger partial charge on any atom is -0.465 e. The molecule has 0 saturated carbocycles. The quantitative estimate of drug-likeness (QED) is 0.637. The Hall–Kier alpha value is -1.82. The van der Waals surface area contributed by atoms with E-state index in [1.54, 1.807) is 12.1 Å². The predicted octanol–water partition coefficient (Wildman–Crippen LogP) is 1.40. The van der Waals surface area contributed by atoms with Gasteiger partial charge in [0.1, 0.15) is 0 Å². The van der Waals surface area contributed by atoms with E-state index in [0.717, 1.165) is 0 Å². The zero-order valence-corrected chi connectivity index (χ0v) is 10.2. The molecule has 1 N–H and O–H groups in total. The highest BCUT2D eigenvalue weighted by molar-refractivity contribution is 7.92.